The van der Waals surface area contributed by atoms with Crippen molar-refractivity contribution in [3.05, 3.63) is 65.6 Å². The number of nitrogens with zero attached hydrogens (tertiary/aromatic N) is 2. The van der Waals surface area contributed by atoms with Crippen molar-refractivity contribution < 1.29 is 18.8 Å². The Hall–Kier alpha value is -3.46. The number of nitrogens with one attached hydrogen (secondary N) is 2. The van der Waals surface area contributed by atoms with Crippen LogP contribution in [-0.4, -0.2) is 27.8 Å². The molecule has 1 aliphatic rings. The van der Waals surface area contributed by atoms with Gasteiger partial charge < -0.3 is 9.73 Å². The molecule has 3 heterocycles. The molecule has 0 saturated carbocycles. The quantitative estimate of drug-likeness (QED) is 0.645. The number of furan rings is 1. The molecular weight excluding hydrogens is 380 g/mol. The molecule has 4 rings (SSSR count). The number of imide groups is 1. The van der Waals surface area contributed by atoms with Gasteiger partial charge in [-0.05, 0) is 19.1 Å². The molecule has 1 atom stereocenters. The van der Waals surface area contributed by atoms with Crippen LogP contribution in [0.25, 0.3) is 10.6 Å². The van der Waals surface area contributed by atoms with Gasteiger partial charge in [0.25, 0.3) is 5.91 Å². The molecule has 0 spiro atoms. The minimum atomic E-state index is -1.37. The second kappa shape index (κ2) is 6.93. The number of urea groups is 1. The van der Waals surface area contributed by atoms with E-state index in [9.17, 15) is 14.4 Å². The molecule has 1 aliphatic heterocycles. The highest BCUT2D eigenvalue weighted by atomic mass is 32.1. The molecule has 0 aliphatic carbocycles. The van der Waals surface area contributed by atoms with Crippen molar-refractivity contribution in [3.63, 3.8) is 0 Å². The van der Waals surface area contributed by atoms with Crippen molar-refractivity contribution in [1.82, 2.24) is 20.7 Å². The van der Waals surface area contributed by atoms with E-state index in [-0.39, 0.29) is 12.2 Å². The smallest absolute Gasteiger partial charge is 0.344 e. The summed E-state index contributed by atoms with van der Waals surface area (Å²) in [5, 5.41) is 5.79. The van der Waals surface area contributed by atoms with Crippen molar-refractivity contribution in [1.29, 1.82) is 0 Å². The topological polar surface area (TPSA) is 105 Å². The Morgan fingerprint density at radius 1 is 1.25 bits per heavy atom. The first-order valence-corrected chi connectivity index (χ1v) is 9.35. The first-order chi connectivity index (χ1) is 13.5. The Bertz CT molecular complexity index is 1030. The fraction of sp³-hybridized carbons (Fsp3) is 0.158. The molecule has 1 saturated heterocycles. The lowest BCUT2D eigenvalue weighted by atomic mass is 10.00. The van der Waals surface area contributed by atoms with Gasteiger partial charge in [-0.3, -0.25) is 15.0 Å². The number of thiazole rings is 1. The number of aromatic nitrogens is 1. The van der Waals surface area contributed by atoms with E-state index in [1.807, 2.05) is 30.3 Å². The Balaban J connectivity index is 1.44. The van der Waals surface area contributed by atoms with Gasteiger partial charge in [-0.2, -0.15) is 5.01 Å². The Morgan fingerprint density at radius 3 is 2.75 bits per heavy atom. The van der Waals surface area contributed by atoms with E-state index in [1.54, 1.807) is 17.5 Å². The summed E-state index contributed by atoms with van der Waals surface area (Å²) in [6.07, 6.45) is 1.35. The molecule has 8 nitrogen and oxygen atoms in total. The summed E-state index contributed by atoms with van der Waals surface area (Å²) in [7, 11) is 0. The van der Waals surface area contributed by atoms with Crippen molar-refractivity contribution >= 4 is 29.2 Å². The van der Waals surface area contributed by atoms with Crippen LogP contribution in [0.15, 0.2) is 58.5 Å². The van der Waals surface area contributed by atoms with Gasteiger partial charge in [0.05, 0.1) is 18.4 Å². The molecule has 142 valence electrons. The van der Waals surface area contributed by atoms with Crippen molar-refractivity contribution in [2.75, 3.05) is 0 Å². The Labute approximate surface area is 164 Å². The third-order valence-electron chi connectivity index (χ3n) is 4.36. The van der Waals surface area contributed by atoms with E-state index >= 15 is 0 Å². The molecule has 2 aromatic heterocycles. The van der Waals surface area contributed by atoms with Crippen LogP contribution < -0.4 is 10.7 Å². The number of benzene rings is 1. The number of hydrazine groups is 1. The number of hydrogen-bond acceptors (Lipinski definition) is 6. The zero-order valence-electron chi connectivity index (χ0n) is 14.8. The third-order valence-corrected chi connectivity index (χ3v) is 5.30. The average Bonchev–Trinajstić information content (AvgIpc) is 3.41. The van der Waals surface area contributed by atoms with E-state index in [2.05, 4.69) is 15.7 Å². The predicted molar refractivity (Wildman–Crippen MR) is 101 cm³/mol. The first kappa shape index (κ1) is 17.9. The van der Waals surface area contributed by atoms with Crippen molar-refractivity contribution in [2.45, 2.75) is 18.9 Å². The maximum atomic E-state index is 12.7. The number of amides is 4. The lowest BCUT2D eigenvalue weighted by molar-refractivity contribution is -0.139. The Kier molecular flexibility index (Phi) is 4.44. The van der Waals surface area contributed by atoms with E-state index in [1.165, 1.54) is 24.5 Å². The summed E-state index contributed by atoms with van der Waals surface area (Å²) < 4.78 is 5.25. The number of rotatable bonds is 5. The summed E-state index contributed by atoms with van der Waals surface area (Å²) >= 11 is 1.42. The lowest BCUT2D eigenvalue weighted by Gasteiger charge is -2.19. The average molecular weight is 396 g/mol. The minimum Gasteiger partial charge on any atom is -0.466 e. The normalized spacial score (nSPS) is 19.0. The van der Waals surface area contributed by atoms with Crippen LogP contribution in [-0.2, 0) is 21.5 Å². The Morgan fingerprint density at radius 2 is 2.04 bits per heavy atom. The van der Waals surface area contributed by atoms with Crippen molar-refractivity contribution in [2.24, 2.45) is 0 Å². The van der Waals surface area contributed by atoms with Gasteiger partial charge in [0.1, 0.15) is 10.8 Å². The van der Waals surface area contributed by atoms with Gasteiger partial charge in [0, 0.05) is 10.9 Å². The van der Waals surface area contributed by atoms with Gasteiger partial charge in [0.15, 0.2) is 5.54 Å². The third kappa shape index (κ3) is 3.16. The van der Waals surface area contributed by atoms with Crippen LogP contribution >= 0.6 is 11.3 Å². The lowest BCUT2D eigenvalue weighted by Crippen LogP contribution is -2.48. The summed E-state index contributed by atoms with van der Waals surface area (Å²) in [4.78, 5) is 41.7. The van der Waals surface area contributed by atoms with Crippen LogP contribution in [0.2, 0.25) is 0 Å². The fourth-order valence-corrected chi connectivity index (χ4v) is 3.73. The van der Waals surface area contributed by atoms with Gasteiger partial charge in [-0.15, -0.1) is 11.3 Å². The van der Waals surface area contributed by atoms with E-state index in [4.69, 9.17) is 4.42 Å². The highest BCUT2D eigenvalue weighted by molar-refractivity contribution is 7.13. The number of hydrogen-bond donors (Lipinski definition) is 2. The summed E-state index contributed by atoms with van der Waals surface area (Å²) in [5.41, 5.74) is 2.50. The van der Waals surface area contributed by atoms with Gasteiger partial charge in [-0.25, -0.2) is 9.78 Å². The second-order valence-corrected chi connectivity index (χ2v) is 7.25. The maximum absolute atomic E-state index is 12.7. The molecule has 2 N–H and O–H groups in total. The maximum Gasteiger partial charge on any atom is 0.344 e. The SMILES string of the molecule is C[C@@]1(c2ccco2)NC(=O)N(NC(=O)Cc2csc(-c3ccccc3)n2)C1=O. The van der Waals surface area contributed by atoms with Crippen LogP contribution in [0, 0.1) is 0 Å². The zero-order valence-corrected chi connectivity index (χ0v) is 15.7. The van der Waals surface area contributed by atoms with Gasteiger partial charge in [0.2, 0.25) is 5.91 Å². The molecule has 1 aromatic carbocycles. The molecule has 9 heteroatoms. The predicted octanol–water partition coefficient (Wildman–Crippen LogP) is 2.44. The monoisotopic (exact) mass is 396 g/mol. The summed E-state index contributed by atoms with van der Waals surface area (Å²) in [6.45, 7) is 1.52. The van der Waals surface area contributed by atoms with E-state index in [0.717, 1.165) is 10.6 Å². The van der Waals surface area contributed by atoms with Crippen LogP contribution in [0.1, 0.15) is 18.4 Å². The first-order valence-electron chi connectivity index (χ1n) is 8.47. The van der Waals surface area contributed by atoms with Crippen LogP contribution in [0.5, 0.6) is 0 Å². The molecule has 0 radical (unpaired) electrons. The molecule has 1 fully saturated rings. The molecule has 28 heavy (non-hydrogen) atoms. The zero-order chi connectivity index (χ0) is 19.7. The van der Waals surface area contributed by atoms with E-state index in [0.29, 0.717) is 10.7 Å². The van der Waals surface area contributed by atoms with Crippen molar-refractivity contribution in [3.8, 4) is 10.6 Å². The number of carbonyl (C=O) groups is 3. The summed E-state index contributed by atoms with van der Waals surface area (Å²) in [5.74, 6) is -0.851. The summed E-state index contributed by atoms with van der Waals surface area (Å²) in [6, 6.07) is 12.1. The van der Waals surface area contributed by atoms with E-state index < -0.39 is 23.4 Å². The second-order valence-electron chi connectivity index (χ2n) is 6.39. The highest BCUT2D eigenvalue weighted by Crippen LogP contribution is 2.28. The van der Waals surface area contributed by atoms with Gasteiger partial charge in [-0.1, -0.05) is 30.3 Å². The van der Waals surface area contributed by atoms with Crippen LogP contribution in [0.4, 0.5) is 4.79 Å². The molecule has 0 unspecified atom stereocenters. The van der Waals surface area contributed by atoms with Gasteiger partial charge >= 0.3 is 6.03 Å². The standard InChI is InChI=1S/C19H16N4O4S/c1-19(14-8-5-9-27-14)17(25)23(18(26)21-19)22-15(24)10-13-11-28-16(20-13)12-6-3-2-4-7-12/h2-9,11H,10H2,1H3,(H,21,26)(H,22,24)/t19-/m0/s1. The minimum absolute atomic E-state index is 0.0577. The largest absolute Gasteiger partial charge is 0.466 e. The molecular formula is C19H16N4O4S. The van der Waals surface area contributed by atoms with Crippen LogP contribution in [0.3, 0.4) is 0 Å². The fourth-order valence-electron chi connectivity index (χ4n) is 2.90. The molecule has 0 bridgehead atoms. The molecule has 4 amide bonds. The molecule has 3 aromatic rings. The number of carbonyl (C=O) groups excluding carboxylic acids is 3. The highest BCUT2D eigenvalue weighted by Gasteiger charge is 2.51.